The van der Waals surface area contributed by atoms with Gasteiger partial charge in [0.05, 0.1) is 17.8 Å². The monoisotopic (exact) mass is 399 g/mol. The molecule has 152 valence electrons. The minimum atomic E-state index is -0.116. The van der Waals surface area contributed by atoms with Gasteiger partial charge in [-0.15, -0.1) is 0 Å². The molecule has 1 aliphatic carbocycles. The Kier molecular flexibility index (Phi) is 4.74. The van der Waals surface area contributed by atoms with E-state index < -0.39 is 0 Å². The van der Waals surface area contributed by atoms with Crippen molar-refractivity contribution in [1.29, 1.82) is 0 Å². The molecule has 1 fully saturated rings. The summed E-state index contributed by atoms with van der Waals surface area (Å²) in [6.07, 6.45) is 2.14. The van der Waals surface area contributed by atoms with Gasteiger partial charge in [-0.2, -0.15) is 0 Å². The maximum atomic E-state index is 13.0. The average molecular weight is 399 g/mol. The maximum absolute atomic E-state index is 13.0. The van der Waals surface area contributed by atoms with Gasteiger partial charge >= 0.3 is 0 Å². The number of aromatic nitrogens is 2. The van der Waals surface area contributed by atoms with Crippen LogP contribution in [0.4, 0.5) is 0 Å². The van der Waals surface area contributed by atoms with Crippen LogP contribution in [0.15, 0.2) is 59.4 Å². The summed E-state index contributed by atoms with van der Waals surface area (Å²) in [6.45, 7) is 3.04. The van der Waals surface area contributed by atoms with Crippen molar-refractivity contribution in [2.24, 2.45) is 5.92 Å². The van der Waals surface area contributed by atoms with E-state index in [1.165, 1.54) is 11.1 Å². The third kappa shape index (κ3) is 3.67. The minimum absolute atomic E-state index is 0.0433. The fourth-order valence-corrected chi connectivity index (χ4v) is 4.42. The fraction of sp³-hybridized carbons (Fsp3) is 0.320. The van der Waals surface area contributed by atoms with E-state index in [2.05, 4.69) is 48.3 Å². The first-order chi connectivity index (χ1) is 14.6. The minimum Gasteiger partial charge on any atom is -0.337 e. The second kappa shape index (κ2) is 7.56. The van der Waals surface area contributed by atoms with E-state index in [1.54, 1.807) is 0 Å². The standard InChI is InChI=1S/C25H25N3O2/c1-16-7-9-17(10-8-16)13-23-26-22-11-12-28(15-21(22)24(29)27-23)25(30)20-14-19(20)18-5-3-2-4-6-18/h2-10,19-20H,11-15H2,1H3,(H,26,27,29)/t19-,20-/m0/s1. The molecule has 0 spiro atoms. The molecule has 3 aromatic rings. The van der Waals surface area contributed by atoms with Gasteiger partial charge in [0.15, 0.2) is 0 Å². The van der Waals surface area contributed by atoms with Crippen LogP contribution in [0.3, 0.4) is 0 Å². The molecule has 5 rings (SSSR count). The second-order valence-corrected chi connectivity index (χ2v) is 8.47. The Labute approximate surface area is 175 Å². The third-order valence-electron chi connectivity index (χ3n) is 6.26. The van der Waals surface area contributed by atoms with Crippen LogP contribution in [0.1, 0.15) is 46.1 Å². The first-order valence-electron chi connectivity index (χ1n) is 10.6. The molecule has 1 aliphatic heterocycles. The smallest absolute Gasteiger partial charge is 0.256 e. The molecule has 1 aromatic heterocycles. The van der Waals surface area contributed by atoms with Crippen molar-refractivity contribution in [2.45, 2.75) is 38.6 Å². The highest BCUT2D eigenvalue weighted by molar-refractivity contribution is 5.83. The van der Waals surface area contributed by atoms with Crippen molar-refractivity contribution < 1.29 is 4.79 Å². The van der Waals surface area contributed by atoms with Crippen LogP contribution in [0.2, 0.25) is 0 Å². The second-order valence-electron chi connectivity index (χ2n) is 8.47. The van der Waals surface area contributed by atoms with E-state index in [0.717, 1.165) is 17.7 Å². The maximum Gasteiger partial charge on any atom is 0.256 e. The number of carbonyl (C=O) groups excluding carboxylic acids is 1. The molecule has 1 amide bonds. The molecule has 0 unspecified atom stereocenters. The van der Waals surface area contributed by atoms with Gasteiger partial charge in [-0.3, -0.25) is 9.59 Å². The number of H-pyrrole nitrogens is 1. The van der Waals surface area contributed by atoms with Crippen LogP contribution in [0, 0.1) is 12.8 Å². The lowest BCUT2D eigenvalue weighted by atomic mass is 10.0. The van der Waals surface area contributed by atoms with Gasteiger partial charge in [0, 0.05) is 25.3 Å². The number of benzene rings is 2. The zero-order valence-electron chi connectivity index (χ0n) is 17.1. The lowest BCUT2D eigenvalue weighted by Crippen LogP contribution is -2.40. The van der Waals surface area contributed by atoms with Crippen LogP contribution in [-0.2, 0) is 24.2 Å². The Balaban J connectivity index is 1.29. The Morgan fingerprint density at radius 2 is 1.90 bits per heavy atom. The van der Waals surface area contributed by atoms with Gasteiger partial charge < -0.3 is 9.88 Å². The van der Waals surface area contributed by atoms with E-state index in [1.807, 2.05) is 23.1 Å². The normalized spacial score (nSPS) is 20.0. The number of amides is 1. The van der Waals surface area contributed by atoms with Gasteiger partial charge in [-0.25, -0.2) is 4.98 Å². The van der Waals surface area contributed by atoms with Crippen molar-refractivity contribution in [2.75, 3.05) is 6.54 Å². The summed E-state index contributed by atoms with van der Waals surface area (Å²) in [5.41, 5.74) is 4.92. The molecular formula is C25H25N3O2. The van der Waals surface area contributed by atoms with Gasteiger partial charge in [0.25, 0.3) is 5.56 Å². The summed E-state index contributed by atoms with van der Waals surface area (Å²) in [5, 5.41) is 0. The molecule has 2 aromatic carbocycles. The Hall–Kier alpha value is -3.21. The summed E-state index contributed by atoms with van der Waals surface area (Å²) >= 11 is 0. The largest absolute Gasteiger partial charge is 0.337 e. The Morgan fingerprint density at radius 3 is 2.67 bits per heavy atom. The highest BCUT2D eigenvalue weighted by Crippen LogP contribution is 2.48. The highest BCUT2D eigenvalue weighted by atomic mass is 16.2. The first-order valence-corrected chi connectivity index (χ1v) is 10.6. The fourth-order valence-electron chi connectivity index (χ4n) is 4.42. The molecule has 2 heterocycles. The SMILES string of the molecule is Cc1ccc(Cc2nc3c(c(=O)[nH]2)CN(C(=O)[C@H]2C[C@H]2c2ccccc2)CC3)cc1. The van der Waals surface area contributed by atoms with Gasteiger partial charge in [0.2, 0.25) is 5.91 Å². The topological polar surface area (TPSA) is 66.1 Å². The summed E-state index contributed by atoms with van der Waals surface area (Å²) in [6, 6.07) is 18.5. The summed E-state index contributed by atoms with van der Waals surface area (Å²) in [4.78, 5) is 35.2. The summed E-state index contributed by atoms with van der Waals surface area (Å²) in [5.74, 6) is 1.21. The molecule has 1 saturated carbocycles. The van der Waals surface area contributed by atoms with Crippen LogP contribution in [0.5, 0.6) is 0 Å². The van der Waals surface area contributed by atoms with Crippen molar-refractivity contribution >= 4 is 5.91 Å². The number of aromatic amines is 1. The molecule has 0 radical (unpaired) electrons. The zero-order chi connectivity index (χ0) is 20.7. The molecule has 2 atom stereocenters. The van der Waals surface area contributed by atoms with E-state index in [9.17, 15) is 9.59 Å². The lowest BCUT2D eigenvalue weighted by Gasteiger charge is -2.28. The quantitative estimate of drug-likeness (QED) is 0.732. The van der Waals surface area contributed by atoms with Gasteiger partial charge in [-0.1, -0.05) is 60.2 Å². The molecule has 0 saturated heterocycles. The Bertz CT molecular complexity index is 1140. The van der Waals surface area contributed by atoms with Crippen LogP contribution in [0.25, 0.3) is 0 Å². The molecule has 5 nitrogen and oxygen atoms in total. The number of nitrogens with one attached hydrogen (secondary N) is 1. The number of hydrogen-bond acceptors (Lipinski definition) is 3. The summed E-state index contributed by atoms with van der Waals surface area (Å²) in [7, 11) is 0. The molecule has 5 heteroatoms. The number of fused-ring (bicyclic) bond motifs is 1. The van der Waals surface area contributed by atoms with Crippen molar-refractivity contribution in [1.82, 2.24) is 14.9 Å². The zero-order valence-corrected chi connectivity index (χ0v) is 17.1. The first kappa shape index (κ1) is 18.8. The number of nitrogens with zero attached hydrogens (tertiary/aromatic N) is 2. The third-order valence-corrected chi connectivity index (χ3v) is 6.26. The van der Waals surface area contributed by atoms with Crippen molar-refractivity contribution in [3.8, 4) is 0 Å². The van der Waals surface area contributed by atoms with E-state index >= 15 is 0 Å². The van der Waals surface area contributed by atoms with Crippen molar-refractivity contribution in [3.63, 3.8) is 0 Å². The number of carbonyl (C=O) groups is 1. The molecule has 30 heavy (non-hydrogen) atoms. The predicted octanol–water partition coefficient (Wildman–Crippen LogP) is 3.36. The van der Waals surface area contributed by atoms with Crippen LogP contribution >= 0.6 is 0 Å². The average Bonchev–Trinajstić information content (AvgIpc) is 3.56. The van der Waals surface area contributed by atoms with E-state index in [0.29, 0.717) is 43.2 Å². The summed E-state index contributed by atoms with van der Waals surface area (Å²) < 4.78 is 0. The molecule has 2 aliphatic rings. The lowest BCUT2D eigenvalue weighted by molar-refractivity contribution is -0.133. The van der Waals surface area contributed by atoms with E-state index in [-0.39, 0.29) is 17.4 Å². The highest BCUT2D eigenvalue weighted by Gasteiger charge is 2.46. The van der Waals surface area contributed by atoms with Crippen molar-refractivity contribution in [3.05, 3.63) is 98.7 Å². The van der Waals surface area contributed by atoms with Crippen LogP contribution in [-0.4, -0.2) is 27.3 Å². The molecule has 1 N–H and O–H groups in total. The number of aryl methyl sites for hydroxylation is 1. The predicted molar refractivity (Wildman–Crippen MR) is 115 cm³/mol. The van der Waals surface area contributed by atoms with E-state index in [4.69, 9.17) is 4.98 Å². The molecule has 0 bridgehead atoms. The van der Waals surface area contributed by atoms with Gasteiger partial charge in [-0.05, 0) is 30.4 Å². The van der Waals surface area contributed by atoms with Gasteiger partial charge in [0.1, 0.15) is 5.82 Å². The molecular weight excluding hydrogens is 374 g/mol. The Morgan fingerprint density at radius 1 is 1.13 bits per heavy atom. The van der Waals surface area contributed by atoms with Crippen LogP contribution < -0.4 is 5.56 Å². The number of hydrogen-bond donors (Lipinski definition) is 1. The number of rotatable bonds is 4.